The number of carbonyl (C=O) groups excluding carboxylic acids is 1. The molecule has 1 unspecified atom stereocenters. The van der Waals surface area contributed by atoms with Crippen LogP contribution >= 0.6 is 0 Å². The Morgan fingerprint density at radius 2 is 2.27 bits per heavy atom. The number of nitrogens with two attached hydrogens (primary N) is 1. The molecule has 0 aliphatic carbocycles. The van der Waals surface area contributed by atoms with Gasteiger partial charge in [0.15, 0.2) is 6.23 Å². The fourth-order valence-electron chi connectivity index (χ4n) is 0.383. The molecular weight excluding hydrogens is 142 g/mol. The lowest BCUT2D eigenvalue weighted by Gasteiger charge is -2.07. The van der Waals surface area contributed by atoms with Crippen LogP contribution < -0.4 is 5.73 Å². The molecule has 0 fully saturated rings. The van der Waals surface area contributed by atoms with Crippen molar-refractivity contribution in [2.75, 3.05) is 0 Å². The zero-order valence-electron chi connectivity index (χ0n) is 6.83. The molecule has 0 saturated carbocycles. The Balaban J connectivity index is 3.97. The molecule has 0 aliphatic heterocycles. The quantitative estimate of drug-likeness (QED) is 0.286. The molecule has 0 spiro atoms. The molecule has 0 bridgehead atoms. The van der Waals surface area contributed by atoms with E-state index in [0.717, 1.165) is 0 Å². The van der Waals surface area contributed by atoms with Crippen LogP contribution in [0, 0.1) is 0 Å². The SMILES string of the molecule is C=CC(N)OC(=O)C(C)=CC. The van der Waals surface area contributed by atoms with Crippen molar-refractivity contribution in [1.82, 2.24) is 0 Å². The highest BCUT2D eigenvalue weighted by Gasteiger charge is 2.06. The summed E-state index contributed by atoms with van der Waals surface area (Å²) in [7, 11) is 0. The number of allylic oxidation sites excluding steroid dienone is 1. The van der Waals surface area contributed by atoms with Gasteiger partial charge in [-0.15, -0.1) is 0 Å². The van der Waals surface area contributed by atoms with E-state index in [-0.39, 0.29) is 0 Å². The van der Waals surface area contributed by atoms with Crippen molar-refractivity contribution in [3.05, 3.63) is 24.3 Å². The minimum absolute atomic E-state index is 0.403. The topological polar surface area (TPSA) is 52.3 Å². The Kier molecular flexibility index (Phi) is 4.22. The van der Waals surface area contributed by atoms with Crippen molar-refractivity contribution in [2.24, 2.45) is 5.73 Å². The van der Waals surface area contributed by atoms with Gasteiger partial charge in [-0.1, -0.05) is 12.7 Å². The molecule has 0 amide bonds. The highest BCUT2D eigenvalue weighted by molar-refractivity contribution is 5.87. The summed E-state index contributed by atoms with van der Waals surface area (Å²) in [6, 6.07) is 0. The fraction of sp³-hybridized carbons (Fsp3) is 0.375. The van der Waals surface area contributed by atoms with Gasteiger partial charge in [-0.05, 0) is 19.9 Å². The van der Waals surface area contributed by atoms with E-state index < -0.39 is 12.2 Å². The van der Waals surface area contributed by atoms with E-state index >= 15 is 0 Å². The molecule has 0 aromatic rings. The highest BCUT2D eigenvalue weighted by Crippen LogP contribution is 1.97. The van der Waals surface area contributed by atoms with Gasteiger partial charge < -0.3 is 4.74 Å². The van der Waals surface area contributed by atoms with E-state index in [1.807, 2.05) is 0 Å². The molecule has 3 nitrogen and oxygen atoms in total. The number of hydrogen-bond donors (Lipinski definition) is 1. The molecule has 0 heterocycles. The molecule has 0 aromatic heterocycles. The Hall–Kier alpha value is -1.09. The zero-order chi connectivity index (χ0) is 8.85. The van der Waals surface area contributed by atoms with Crippen LogP contribution in [0.25, 0.3) is 0 Å². The maximum Gasteiger partial charge on any atom is 0.335 e. The average molecular weight is 155 g/mol. The van der Waals surface area contributed by atoms with Crippen molar-refractivity contribution < 1.29 is 9.53 Å². The van der Waals surface area contributed by atoms with E-state index in [2.05, 4.69) is 6.58 Å². The van der Waals surface area contributed by atoms with Crippen LogP contribution in [0.2, 0.25) is 0 Å². The first-order chi connectivity index (χ1) is 5.11. The minimum Gasteiger partial charge on any atom is -0.440 e. The molecule has 0 aromatic carbocycles. The Labute approximate surface area is 66.5 Å². The van der Waals surface area contributed by atoms with Gasteiger partial charge in [-0.3, -0.25) is 5.73 Å². The van der Waals surface area contributed by atoms with Crippen LogP contribution in [0.4, 0.5) is 0 Å². The summed E-state index contributed by atoms with van der Waals surface area (Å²) in [6.45, 7) is 6.80. The molecule has 0 saturated heterocycles. The first-order valence-corrected chi connectivity index (χ1v) is 3.33. The summed E-state index contributed by atoms with van der Waals surface area (Å²) in [5, 5.41) is 0. The van der Waals surface area contributed by atoms with Crippen molar-refractivity contribution in [3.8, 4) is 0 Å². The monoisotopic (exact) mass is 155 g/mol. The molecule has 0 rings (SSSR count). The van der Waals surface area contributed by atoms with Crippen LogP contribution in [0.3, 0.4) is 0 Å². The third-order valence-corrected chi connectivity index (χ3v) is 1.23. The van der Waals surface area contributed by atoms with Crippen LogP contribution in [0.5, 0.6) is 0 Å². The van der Waals surface area contributed by atoms with Crippen molar-refractivity contribution in [3.63, 3.8) is 0 Å². The summed E-state index contributed by atoms with van der Waals surface area (Å²) < 4.78 is 4.70. The molecule has 2 N–H and O–H groups in total. The standard InChI is InChI=1S/C8H13NO2/c1-4-6(3)8(10)11-7(9)5-2/h4-5,7H,2,9H2,1,3H3. The highest BCUT2D eigenvalue weighted by atomic mass is 16.6. The maximum atomic E-state index is 10.9. The molecular formula is C8H13NO2. The van der Waals surface area contributed by atoms with Crippen molar-refractivity contribution in [1.29, 1.82) is 0 Å². The van der Waals surface area contributed by atoms with Gasteiger partial charge in [-0.2, -0.15) is 0 Å². The summed E-state index contributed by atoms with van der Waals surface area (Å²) in [4.78, 5) is 10.9. The third-order valence-electron chi connectivity index (χ3n) is 1.23. The van der Waals surface area contributed by atoms with E-state index in [4.69, 9.17) is 10.5 Å². The molecule has 62 valence electrons. The summed E-state index contributed by atoms with van der Waals surface area (Å²) in [5.41, 5.74) is 5.82. The van der Waals surface area contributed by atoms with Crippen molar-refractivity contribution >= 4 is 5.97 Å². The molecule has 0 aliphatic rings. The van der Waals surface area contributed by atoms with Gasteiger partial charge in [-0.25, -0.2) is 4.79 Å². The summed E-state index contributed by atoms with van der Waals surface area (Å²) in [5.74, 6) is -0.403. The van der Waals surface area contributed by atoms with Gasteiger partial charge in [0.05, 0.1) is 0 Å². The molecule has 11 heavy (non-hydrogen) atoms. The van der Waals surface area contributed by atoms with Gasteiger partial charge >= 0.3 is 5.97 Å². The lowest BCUT2D eigenvalue weighted by Crippen LogP contribution is -2.24. The third kappa shape index (κ3) is 3.57. The Bertz CT molecular complexity index is 185. The normalized spacial score (nSPS) is 13.9. The Morgan fingerprint density at radius 1 is 1.73 bits per heavy atom. The van der Waals surface area contributed by atoms with Gasteiger partial charge in [0, 0.05) is 5.57 Å². The number of esters is 1. The lowest BCUT2D eigenvalue weighted by atomic mass is 10.3. The lowest BCUT2D eigenvalue weighted by molar-refractivity contribution is -0.141. The van der Waals surface area contributed by atoms with Gasteiger partial charge in [0.2, 0.25) is 0 Å². The number of carbonyl (C=O) groups is 1. The molecule has 0 radical (unpaired) electrons. The summed E-state index contributed by atoms with van der Waals surface area (Å²) in [6.07, 6.45) is 2.32. The predicted octanol–water partition coefficient (Wildman–Crippen LogP) is 0.967. The second-order valence-electron chi connectivity index (χ2n) is 2.08. The fourth-order valence-corrected chi connectivity index (χ4v) is 0.383. The molecule has 1 atom stereocenters. The zero-order valence-corrected chi connectivity index (χ0v) is 6.83. The van der Waals surface area contributed by atoms with Crippen LogP contribution in [-0.2, 0) is 9.53 Å². The Morgan fingerprint density at radius 3 is 2.64 bits per heavy atom. The van der Waals surface area contributed by atoms with E-state index in [9.17, 15) is 4.79 Å². The molecule has 3 heteroatoms. The van der Waals surface area contributed by atoms with Crippen LogP contribution in [0.1, 0.15) is 13.8 Å². The van der Waals surface area contributed by atoms with Crippen LogP contribution in [0.15, 0.2) is 24.3 Å². The largest absolute Gasteiger partial charge is 0.440 e. The number of ether oxygens (including phenoxy) is 1. The summed E-state index contributed by atoms with van der Waals surface area (Å²) >= 11 is 0. The predicted molar refractivity (Wildman–Crippen MR) is 43.7 cm³/mol. The first kappa shape index (κ1) is 9.91. The number of hydrogen-bond acceptors (Lipinski definition) is 3. The second-order valence-corrected chi connectivity index (χ2v) is 2.08. The second kappa shape index (κ2) is 4.68. The van der Waals surface area contributed by atoms with Crippen LogP contribution in [-0.4, -0.2) is 12.2 Å². The van der Waals surface area contributed by atoms with E-state index in [0.29, 0.717) is 5.57 Å². The smallest absolute Gasteiger partial charge is 0.335 e. The first-order valence-electron chi connectivity index (χ1n) is 3.33. The minimum atomic E-state index is -0.711. The number of rotatable bonds is 3. The van der Waals surface area contributed by atoms with Crippen molar-refractivity contribution in [2.45, 2.75) is 20.1 Å². The van der Waals surface area contributed by atoms with Gasteiger partial charge in [0.25, 0.3) is 0 Å². The van der Waals surface area contributed by atoms with E-state index in [1.165, 1.54) is 6.08 Å². The van der Waals surface area contributed by atoms with Gasteiger partial charge in [0.1, 0.15) is 0 Å². The maximum absolute atomic E-state index is 10.9. The average Bonchev–Trinajstić information content (AvgIpc) is 2.02. The van der Waals surface area contributed by atoms with E-state index in [1.54, 1.807) is 19.9 Å².